The molecule has 5 heteroatoms. The highest BCUT2D eigenvalue weighted by Gasteiger charge is 2.05. The third kappa shape index (κ3) is 5.42. The number of carbonyl (C=O) groups excluding carboxylic acids is 2. The number of benzene rings is 2. The van der Waals surface area contributed by atoms with Crippen molar-refractivity contribution in [2.24, 2.45) is 0 Å². The lowest BCUT2D eigenvalue weighted by molar-refractivity contribution is -0.121. The Morgan fingerprint density at radius 3 is 2.43 bits per heavy atom. The average molecular weight is 331 g/mol. The monoisotopic (exact) mass is 330 g/mol. The molecule has 0 aliphatic rings. The molecular formula is C18H19ClN2O2. The molecule has 0 unspecified atom stereocenters. The normalized spacial score (nSPS) is 10.2. The van der Waals surface area contributed by atoms with Crippen LogP contribution in [0, 0.1) is 0 Å². The maximum Gasteiger partial charge on any atom is 0.251 e. The Balaban J connectivity index is 1.79. The van der Waals surface area contributed by atoms with E-state index in [9.17, 15) is 9.59 Å². The molecule has 0 aliphatic carbocycles. The van der Waals surface area contributed by atoms with Gasteiger partial charge in [-0.25, -0.2) is 0 Å². The first-order valence-corrected chi connectivity index (χ1v) is 7.78. The number of hydrogen-bond acceptors (Lipinski definition) is 2. The van der Waals surface area contributed by atoms with E-state index >= 15 is 0 Å². The van der Waals surface area contributed by atoms with Gasteiger partial charge in [0.15, 0.2) is 0 Å². The van der Waals surface area contributed by atoms with Gasteiger partial charge in [-0.3, -0.25) is 9.59 Å². The maximum absolute atomic E-state index is 11.9. The molecule has 120 valence electrons. The van der Waals surface area contributed by atoms with E-state index in [1.165, 1.54) is 0 Å². The van der Waals surface area contributed by atoms with E-state index in [0.29, 0.717) is 30.0 Å². The van der Waals surface area contributed by atoms with Crippen LogP contribution in [0.4, 0.5) is 0 Å². The zero-order valence-corrected chi connectivity index (χ0v) is 13.7. The van der Waals surface area contributed by atoms with Gasteiger partial charge in [0.25, 0.3) is 5.91 Å². The van der Waals surface area contributed by atoms with Gasteiger partial charge in [-0.15, -0.1) is 0 Å². The first kappa shape index (κ1) is 17.0. The SMILES string of the molecule is CNC(=O)c1ccc(CNC(=O)CCc2cccc(Cl)c2)cc1. The van der Waals surface area contributed by atoms with E-state index in [-0.39, 0.29) is 11.8 Å². The van der Waals surface area contributed by atoms with Gasteiger partial charge in [-0.05, 0) is 41.8 Å². The van der Waals surface area contributed by atoms with Gasteiger partial charge >= 0.3 is 0 Å². The Hall–Kier alpha value is -2.33. The molecule has 0 atom stereocenters. The molecule has 0 saturated carbocycles. The summed E-state index contributed by atoms with van der Waals surface area (Å²) in [5.41, 5.74) is 2.60. The molecule has 0 aromatic heterocycles. The first-order chi connectivity index (χ1) is 11.1. The second-order valence-electron chi connectivity index (χ2n) is 5.18. The van der Waals surface area contributed by atoms with Gasteiger partial charge in [0.05, 0.1) is 0 Å². The summed E-state index contributed by atoms with van der Waals surface area (Å²) >= 11 is 5.92. The molecular weight excluding hydrogens is 312 g/mol. The Bertz CT molecular complexity index is 684. The molecule has 2 amide bonds. The molecule has 0 bridgehead atoms. The first-order valence-electron chi connectivity index (χ1n) is 7.40. The fourth-order valence-electron chi connectivity index (χ4n) is 2.16. The van der Waals surface area contributed by atoms with E-state index in [1.807, 2.05) is 36.4 Å². The number of amides is 2. The van der Waals surface area contributed by atoms with E-state index in [0.717, 1.165) is 11.1 Å². The Kier molecular flexibility index (Phi) is 6.18. The highest BCUT2D eigenvalue weighted by atomic mass is 35.5. The highest BCUT2D eigenvalue weighted by Crippen LogP contribution is 2.12. The summed E-state index contributed by atoms with van der Waals surface area (Å²) in [6.07, 6.45) is 1.07. The van der Waals surface area contributed by atoms with Gasteiger partial charge in [-0.2, -0.15) is 0 Å². The Labute approximate surface area is 140 Å². The summed E-state index contributed by atoms with van der Waals surface area (Å²) in [7, 11) is 1.59. The summed E-state index contributed by atoms with van der Waals surface area (Å²) in [4.78, 5) is 23.3. The Morgan fingerprint density at radius 1 is 1.04 bits per heavy atom. The molecule has 4 nitrogen and oxygen atoms in total. The number of nitrogens with one attached hydrogen (secondary N) is 2. The molecule has 23 heavy (non-hydrogen) atoms. The maximum atomic E-state index is 11.9. The molecule has 0 radical (unpaired) electrons. The van der Waals surface area contributed by atoms with Crippen LogP contribution in [0.15, 0.2) is 48.5 Å². The number of rotatable bonds is 6. The van der Waals surface area contributed by atoms with Crippen LogP contribution in [0.25, 0.3) is 0 Å². The second-order valence-corrected chi connectivity index (χ2v) is 5.62. The minimum absolute atomic E-state index is 0.0136. The van der Waals surface area contributed by atoms with Crippen LogP contribution >= 0.6 is 11.6 Å². The van der Waals surface area contributed by atoms with Crippen LogP contribution in [-0.4, -0.2) is 18.9 Å². The van der Waals surface area contributed by atoms with Crippen molar-refractivity contribution >= 4 is 23.4 Å². The van der Waals surface area contributed by atoms with Crippen LogP contribution in [0.1, 0.15) is 27.9 Å². The lowest BCUT2D eigenvalue weighted by atomic mass is 10.1. The van der Waals surface area contributed by atoms with Gasteiger partial charge < -0.3 is 10.6 Å². The number of hydrogen-bond donors (Lipinski definition) is 2. The topological polar surface area (TPSA) is 58.2 Å². The van der Waals surface area contributed by atoms with E-state index < -0.39 is 0 Å². The van der Waals surface area contributed by atoms with E-state index in [2.05, 4.69) is 10.6 Å². The third-order valence-electron chi connectivity index (χ3n) is 3.46. The van der Waals surface area contributed by atoms with Crippen molar-refractivity contribution in [3.63, 3.8) is 0 Å². The summed E-state index contributed by atoms with van der Waals surface area (Å²) < 4.78 is 0. The van der Waals surface area contributed by atoms with Crippen LogP contribution in [0.2, 0.25) is 5.02 Å². The largest absolute Gasteiger partial charge is 0.355 e. The van der Waals surface area contributed by atoms with Crippen molar-refractivity contribution < 1.29 is 9.59 Å². The smallest absolute Gasteiger partial charge is 0.251 e. The van der Waals surface area contributed by atoms with Gasteiger partial charge in [0.1, 0.15) is 0 Å². The fourth-order valence-corrected chi connectivity index (χ4v) is 2.37. The fraction of sp³-hybridized carbons (Fsp3) is 0.222. The summed E-state index contributed by atoms with van der Waals surface area (Å²) in [6, 6.07) is 14.7. The van der Waals surface area contributed by atoms with Crippen LogP contribution < -0.4 is 10.6 Å². The molecule has 2 N–H and O–H groups in total. The number of aryl methyl sites for hydroxylation is 1. The van der Waals surface area contributed by atoms with Gasteiger partial charge in [0.2, 0.25) is 5.91 Å². The zero-order chi connectivity index (χ0) is 16.7. The highest BCUT2D eigenvalue weighted by molar-refractivity contribution is 6.30. The molecule has 2 aromatic carbocycles. The van der Waals surface area contributed by atoms with Crippen LogP contribution in [0.3, 0.4) is 0 Å². The minimum Gasteiger partial charge on any atom is -0.355 e. The third-order valence-corrected chi connectivity index (χ3v) is 3.70. The molecule has 0 saturated heterocycles. The van der Waals surface area contributed by atoms with Crippen molar-refractivity contribution in [3.8, 4) is 0 Å². The predicted octanol–water partition coefficient (Wildman–Crippen LogP) is 2.95. The lowest BCUT2D eigenvalue weighted by Gasteiger charge is -2.07. The second kappa shape index (κ2) is 8.34. The average Bonchev–Trinajstić information content (AvgIpc) is 2.58. The summed E-state index contributed by atoms with van der Waals surface area (Å²) in [6.45, 7) is 0.447. The predicted molar refractivity (Wildman–Crippen MR) is 91.5 cm³/mol. The molecule has 0 heterocycles. The van der Waals surface area contributed by atoms with Crippen LogP contribution in [-0.2, 0) is 17.8 Å². The van der Waals surface area contributed by atoms with Crippen molar-refractivity contribution in [2.45, 2.75) is 19.4 Å². The van der Waals surface area contributed by atoms with Crippen molar-refractivity contribution in [1.29, 1.82) is 0 Å². The van der Waals surface area contributed by atoms with Crippen molar-refractivity contribution in [3.05, 3.63) is 70.2 Å². The number of halogens is 1. The minimum atomic E-state index is -0.123. The summed E-state index contributed by atoms with van der Waals surface area (Å²) in [5, 5.41) is 6.12. The van der Waals surface area contributed by atoms with E-state index in [4.69, 9.17) is 11.6 Å². The number of carbonyl (C=O) groups is 2. The summed E-state index contributed by atoms with van der Waals surface area (Å²) in [5.74, 6) is -0.137. The Morgan fingerprint density at radius 2 is 1.78 bits per heavy atom. The molecule has 0 fully saturated rings. The van der Waals surface area contributed by atoms with Crippen LogP contribution in [0.5, 0.6) is 0 Å². The molecule has 0 spiro atoms. The molecule has 0 aliphatic heterocycles. The van der Waals surface area contributed by atoms with Gasteiger partial charge in [-0.1, -0.05) is 35.9 Å². The molecule has 2 rings (SSSR count). The molecule has 2 aromatic rings. The van der Waals surface area contributed by atoms with E-state index in [1.54, 1.807) is 19.2 Å². The van der Waals surface area contributed by atoms with Crippen molar-refractivity contribution in [1.82, 2.24) is 10.6 Å². The lowest BCUT2D eigenvalue weighted by Crippen LogP contribution is -2.23. The zero-order valence-electron chi connectivity index (χ0n) is 12.9. The van der Waals surface area contributed by atoms with Gasteiger partial charge in [0, 0.05) is 30.6 Å². The van der Waals surface area contributed by atoms with Crippen molar-refractivity contribution in [2.75, 3.05) is 7.05 Å². The standard InChI is InChI=1S/C18H19ClN2O2/c1-20-18(23)15-8-5-14(6-9-15)12-21-17(22)10-7-13-3-2-4-16(19)11-13/h2-6,8-9,11H,7,10,12H2,1H3,(H,20,23)(H,21,22). The quantitative estimate of drug-likeness (QED) is 0.855.